The fraction of sp³-hybridized carbons (Fsp3) is 0.846. The monoisotopic (exact) mass is 253 g/mol. The Bertz CT molecular complexity index is 326. The van der Waals surface area contributed by atoms with Gasteiger partial charge in [0.05, 0.1) is 5.92 Å². The molecular formula is C13H23N3O2. The van der Waals surface area contributed by atoms with Crippen LogP contribution in [0.5, 0.6) is 0 Å². The number of primary amides is 1. The number of hydrogen-bond donors (Lipinski definition) is 2. The Morgan fingerprint density at radius 3 is 2.72 bits per heavy atom. The van der Waals surface area contributed by atoms with Crippen LogP contribution in [-0.4, -0.2) is 41.9 Å². The van der Waals surface area contributed by atoms with Crippen LogP contribution in [0.15, 0.2) is 0 Å². The summed E-state index contributed by atoms with van der Waals surface area (Å²) in [5.41, 5.74) is 5.35. The van der Waals surface area contributed by atoms with Crippen molar-refractivity contribution in [3.05, 3.63) is 0 Å². The molecule has 5 heteroatoms. The average molecular weight is 253 g/mol. The van der Waals surface area contributed by atoms with E-state index in [4.69, 9.17) is 5.73 Å². The van der Waals surface area contributed by atoms with E-state index in [0.717, 1.165) is 32.2 Å². The number of hydrogen-bond acceptors (Lipinski definition) is 3. The zero-order valence-corrected chi connectivity index (χ0v) is 11.0. The third-order valence-corrected chi connectivity index (χ3v) is 4.19. The summed E-state index contributed by atoms with van der Waals surface area (Å²) in [6.07, 6.45) is 4.46. The number of carbonyl (C=O) groups excluding carboxylic acids is 2. The number of likely N-dealkylation sites (tertiary alicyclic amines) is 1. The molecule has 0 aromatic heterocycles. The van der Waals surface area contributed by atoms with Gasteiger partial charge in [-0.2, -0.15) is 0 Å². The molecule has 18 heavy (non-hydrogen) atoms. The van der Waals surface area contributed by atoms with Crippen LogP contribution in [0.3, 0.4) is 0 Å². The number of nitrogens with zero attached hydrogens (tertiary/aromatic N) is 1. The summed E-state index contributed by atoms with van der Waals surface area (Å²) in [5.74, 6) is -0.284. The van der Waals surface area contributed by atoms with E-state index in [2.05, 4.69) is 12.2 Å². The molecule has 0 bridgehead atoms. The predicted molar refractivity (Wildman–Crippen MR) is 68.7 cm³/mol. The van der Waals surface area contributed by atoms with Gasteiger partial charge in [0.25, 0.3) is 0 Å². The average Bonchev–Trinajstić information content (AvgIpc) is 2.81. The van der Waals surface area contributed by atoms with Gasteiger partial charge < -0.3 is 16.0 Å². The van der Waals surface area contributed by atoms with E-state index in [1.54, 1.807) is 0 Å². The van der Waals surface area contributed by atoms with E-state index in [9.17, 15) is 9.59 Å². The number of nitrogens with one attached hydrogen (secondary N) is 1. The van der Waals surface area contributed by atoms with Gasteiger partial charge in [-0.15, -0.1) is 0 Å². The third-order valence-electron chi connectivity index (χ3n) is 4.19. The first-order valence-corrected chi connectivity index (χ1v) is 6.90. The van der Waals surface area contributed by atoms with Crippen molar-refractivity contribution in [2.75, 3.05) is 13.1 Å². The van der Waals surface area contributed by atoms with E-state index >= 15 is 0 Å². The van der Waals surface area contributed by atoms with Crippen molar-refractivity contribution in [2.24, 2.45) is 11.7 Å². The summed E-state index contributed by atoms with van der Waals surface area (Å²) in [4.78, 5) is 25.4. The maximum Gasteiger partial charge on any atom is 0.224 e. The van der Waals surface area contributed by atoms with Crippen molar-refractivity contribution in [3.8, 4) is 0 Å². The predicted octanol–water partition coefficient (Wildman–Crippen LogP) is 0.241. The van der Waals surface area contributed by atoms with Crippen LogP contribution in [0.2, 0.25) is 0 Å². The van der Waals surface area contributed by atoms with Gasteiger partial charge >= 0.3 is 0 Å². The van der Waals surface area contributed by atoms with E-state index in [0.29, 0.717) is 19.0 Å². The molecule has 2 rings (SSSR count). The van der Waals surface area contributed by atoms with Crippen LogP contribution in [0, 0.1) is 5.92 Å². The summed E-state index contributed by atoms with van der Waals surface area (Å²) in [5, 5.41) is 3.34. The molecule has 0 aliphatic carbocycles. The molecule has 0 aromatic carbocycles. The molecule has 2 heterocycles. The fourth-order valence-electron chi connectivity index (χ4n) is 2.95. The Kier molecular flexibility index (Phi) is 4.22. The molecule has 3 unspecified atom stereocenters. The van der Waals surface area contributed by atoms with Crippen molar-refractivity contribution in [1.82, 2.24) is 10.2 Å². The standard InChI is InChI=1S/C13H23N3O2/c1-9-4-5-10(13(14)18)8-16(9)12(17)7-11-3-2-6-15-11/h9-11,15H,2-8H2,1H3,(H2,14,18). The highest BCUT2D eigenvalue weighted by Gasteiger charge is 2.32. The number of rotatable bonds is 3. The third kappa shape index (κ3) is 3.02. The fourth-order valence-corrected chi connectivity index (χ4v) is 2.95. The Morgan fingerprint density at radius 2 is 2.11 bits per heavy atom. The highest BCUT2D eigenvalue weighted by molar-refractivity contribution is 5.80. The molecule has 3 N–H and O–H groups in total. The first-order valence-electron chi connectivity index (χ1n) is 6.90. The van der Waals surface area contributed by atoms with Crippen LogP contribution >= 0.6 is 0 Å². The highest BCUT2D eigenvalue weighted by atomic mass is 16.2. The minimum absolute atomic E-state index is 0.160. The maximum atomic E-state index is 12.3. The van der Waals surface area contributed by atoms with Gasteiger partial charge in [-0.1, -0.05) is 0 Å². The Morgan fingerprint density at radius 1 is 1.33 bits per heavy atom. The molecule has 0 spiro atoms. The second kappa shape index (κ2) is 5.69. The quantitative estimate of drug-likeness (QED) is 0.756. The summed E-state index contributed by atoms with van der Waals surface area (Å²) >= 11 is 0. The van der Waals surface area contributed by atoms with Crippen LogP contribution < -0.4 is 11.1 Å². The number of piperidine rings is 1. The second-order valence-electron chi connectivity index (χ2n) is 5.57. The summed E-state index contributed by atoms with van der Waals surface area (Å²) in [6.45, 7) is 3.57. The van der Waals surface area contributed by atoms with Crippen LogP contribution in [0.25, 0.3) is 0 Å². The normalized spacial score (nSPS) is 32.5. The zero-order chi connectivity index (χ0) is 13.1. The van der Waals surface area contributed by atoms with Gasteiger partial charge in [0.2, 0.25) is 11.8 Å². The largest absolute Gasteiger partial charge is 0.369 e. The van der Waals surface area contributed by atoms with Gasteiger partial charge in [0, 0.05) is 25.0 Å². The summed E-state index contributed by atoms with van der Waals surface area (Å²) in [7, 11) is 0. The van der Waals surface area contributed by atoms with Crippen LogP contribution in [0.4, 0.5) is 0 Å². The molecule has 0 radical (unpaired) electrons. The van der Waals surface area contributed by atoms with E-state index in [-0.39, 0.29) is 23.8 Å². The van der Waals surface area contributed by atoms with Crippen molar-refractivity contribution in [3.63, 3.8) is 0 Å². The van der Waals surface area contributed by atoms with Crippen molar-refractivity contribution >= 4 is 11.8 Å². The minimum Gasteiger partial charge on any atom is -0.369 e. The van der Waals surface area contributed by atoms with Gasteiger partial charge in [-0.3, -0.25) is 9.59 Å². The molecule has 102 valence electrons. The first-order chi connectivity index (χ1) is 8.58. The van der Waals surface area contributed by atoms with Gasteiger partial charge in [0.1, 0.15) is 0 Å². The molecule has 0 saturated carbocycles. The van der Waals surface area contributed by atoms with Gasteiger partial charge in [-0.25, -0.2) is 0 Å². The van der Waals surface area contributed by atoms with Gasteiger partial charge in [-0.05, 0) is 39.2 Å². The summed E-state index contributed by atoms with van der Waals surface area (Å²) < 4.78 is 0. The topological polar surface area (TPSA) is 75.4 Å². The lowest BCUT2D eigenvalue weighted by atomic mass is 9.92. The van der Waals surface area contributed by atoms with Crippen molar-refractivity contribution in [1.29, 1.82) is 0 Å². The molecule has 2 fully saturated rings. The Hall–Kier alpha value is -1.10. The lowest BCUT2D eigenvalue weighted by Crippen LogP contribution is -2.49. The zero-order valence-electron chi connectivity index (χ0n) is 11.0. The van der Waals surface area contributed by atoms with Crippen LogP contribution in [0.1, 0.15) is 39.0 Å². The Balaban J connectivity index is 1.91. The van der Waals surface area contributed by atoms with Crippen molar-refractivity contribution in [2.45, 2.75) is 51.1 Å². The molecular weight excluding hydrogens is 230 g/mol. The second-order valence-corrected chi connectivity index (χ2v) is 5.57. The molecule has 2 aliphatic heterocycles. The van der Waals surface area contributed by atoms with Crippen LogP contribution in [-0.2, 0) is 9.59 Å². The molecule has 0 aromatic rings. The SMILES string of the molecule is CC1CCC(C(N)=O)CN1C(=O)CC1CCCN1. The van der Waals surface area contributed by atoms with E-state index in [1.807, 2.05) is 4.90 Å². The number of carbonyl (C=O) groups is 2. The first kappa shape index (κ1) is 13.3. The molecule has 2 saturated heterocycles. The maximum absolute atomic E-state index is 12.3. The molecule has 2 amide bonds. The number of amides is 2. The van der Waals surface area contributed by atoms with E-state index < -0.39 is 0 Å². The Labute approximate surface area is 108 Å². The highest BCUT2D eigenvalue weighted by Crippen LogP contribution is 2.23. The van der Waals surface area contributed by atoms with Gasteiger partial charge in [0.15, 0.2) is 0 Å². The molecule has 2 aliphatic rings. The summed E-state index contributed by atoms with van der Waals surface area (Å²) in [6, 6.07) is 0.549. The van der Waals surface area contributed by atoms with E-state index in [1.165, 1.54) is 0 Å². The lowest BCUT2D eigenvalue weighted by molar-refractivity contribution is -0.138. The minimum atomic E-state index is -0.279. The smallest absolute Gasteiger partial charge is 0.224 e. The lowest BCUT2D eigenvalue weighted by Gasteiger charge is -2.37. The molecule has 5 nitrogen and oxygen atoms in total. The van der Waals surface area contributed by atoms with Crippen molar-refractivity contribution < 1.29 is 9.59 Å². The number of nitrogens with two attached hydrogens (primary N) is 1. The molecule has 3 atom stereocenters.